The van der Waals surface area contributed by atoms with Crippen molar-refractivity contribution in [1.29, 1.82) is 0 Å². The van der Waals surface area contributed by atoms with Gasteiger partial charge in [0.15, 0.2) is 0 Å². The first-order valence-corrected chi connectivity index (χ1v) is 11.2. The summed E-state index contributed by atoms with van der Waals surface area (Å²) < 4.78 is 5.00. The molecule has 6 nitrogen and oxygen atoms in total. The molecule has 0 bridgehead atoms. The summed E-state index contributed by atoms with van der Waals surface area (Å²) in [7, 11) is 1.31. The number of hydrogen-bond donors (Lipinski definition) is 1. The molecule has 2 amide bonds. The average Bonchev–Trinajstić information content (AvgIpc) is 2.89. The Bertz CT molecular complexity index is 1310. The fourth-order valence-corrected chi connectivity index (χ4v) is 4.90. The second kappa shape index (κ2) is 8.63. The summed E-state index contributed by atoms with van der Waals surface area (Å²) in [5.74, 6) is -1.23. The number of nitrogens with zero attached hydrogens (tertiary/aromatic N) is 1. The standard InChI is InChI=1S/C28H24N2O4/c1-17(28(33)34-2)30-25-22-15-9-8-13-20(22)19-12-6-7-14-21(19)23(25)16-24(27(30)32)29-26(31)18-10-4-3-5-11-18/h3-17,24-25H,1-2H3,(H,29,31)/t17-,24-,25-/m0/s1. The van der Waals surface area contributed by atoms with Crippen LogP contribution in [-0.2, 0) is 14.3 Å². The van der Waals surface area contributed by atoms with Gasteiger partial charge < -0.3 is 15.0 Å². The minimum Gasteiger partial charge on any atom is -0.467 e. The molecule has 1 N–H and O–H groups in total. The number of carbonyl (C=O) groups is 3. The molecule has 0 aromatic heterocycles. The van der Waals surface area contributed by atoms with Crippen molar-refractivity contribution >= 4 is 23.4 Å². The molecule has 170 valence electrons. The van der Waals surface area contributed by atoms with Crippen molar-refractivity contribution in [3.63, 3.8) is 0 Å². The highest BCUT2D eigenvalue weighted by Crippen LogP contribution is 2.50. The van der Waals surface area contributed by atoms with Crippen LogP contribution in [-0.4, -0.2) is 41.9 Å². The Hall–Kier alpha value is -4.19. The van der Waals surface area contributed by atoms with Gasteiger partial charge in [-0.25, -0.2) is 4.79 Å². The molecule has 3 aromatic carbocycles. The summed E-state index contributed by atoms with van der Waals surface area (Å²) in [6.45, 7) is 1.66. The summed E-state index contributed by atoms with van der Waals surface area (Å²) in [6, 6.07) is 22.4. The molecule has 5 rings (SSSR count). The number of methoxy groups -OCH3 is 1. The highest BCUT2D eigenvalue weighted by Gasteiger charge is 2.45. The van der Waals surface area contributed by atoms with Crippen LogP contribution >= 0.6 is 0 Å². The Morgan fingerprint density at radius 1 is 0.882 bits per heavy atom. The lowest BCUT2D eigenvalue weighted by molar-refractivity contribution is -0.154. The lowest BCUT2D eigenvalue weighted by atomic mass is 9.75. The quantitative estimate of drug-likeness (QED) is 0.608. The SMILES string of the molecule is COC(=O)[C@H](C)N1C(=O)[C@@H](NC(=O)c2ccccc2)C=C2c3ccccc3-c3ccccc3[C@@H]21. The van der Waals surface area contributed by atoms with Crippen LogP contribution < -0.4 is 5.32 Å². The van der Waals surface area contributed by atoms with E-state index in [9.17, 15) is 14.4 Å². The van der Waals surface area contributed by atoms with Crippen LogP contribution in [0.15, 0.2) is 84.9 Å². The number of amides is 2. The van der Waals surface area contributed by atoms with E-state index in [1.165, 1.54) is 7.11 Å². The van der Waals surface area contributed by atoms with Crippen LogP contribution in [0.4, 0.5) is 0 Å². The molecule has 3 atom stereocenters. The van der Waals surface area contributed by atoms with Gasteiger partial charge in [0.1, 0.15) is 12.1 Å². The van der Waals surface area contributed by atoms with Crippen molar-refractivity contribution in [2.24, 2.45) is 0 Å². The Balaban J connectivity index is 1.66. The fraction of sp³-hybridized carbons (Fsp3) is 0.179. The van der Waals surface area contributed by atoms with E-state index < -0.39 is 24.1 Å². The van der Waals surface area contributed by atoms with Crippen molar-refractivity contribution in [1.82, 2.24) is 10.2 Å². The number of benzene rings is 3. The van der Waals surface area contributed by atoms with Crippen molar-refractivity contribution in [2.45, 2.75) is 25.0 Å². The van der Waals surface area contributed by atoms with Crippen LogP contribution in [0.5, 0.6) is 0 Å². The lowest BCUT2D eigenvalue weighted by Gasteiger charge is -2.45. The molecule has 0 radical (unpaired) electrons. The summed E-state index contributed by atoms with van der Waals surface area (Å²) >= 11 is 0. The molecule has 2 aliphatic rings. The van der Waals surface area contributed by atoms with Gasteiger partial charge in [0.25, 0.3) is 11.8 Å². The Morgan fingerprint density at radius 3 is 2.21 bits per heavy atom. The molecule has 34 heavy (non-hydrogen) atoms. The molecule has 0 unspecified atom stereocenters. The van der Waals surface area contributed by atoms with Crippen molar-refractivity contribution in [2.75, 3.05) is 7.11 Å². The molecule has 0 saturated carbocycles. The number of ether oxygens (including phenoxy) is 1. The van der Waals surface area contributed by atoms with E-state index in [4.69, 9.17) is 4.74 Å². The largest absolute Gasteiger partial charge is 0.467 e. The van der Waals surface area contributed by atoms with Crippen molar-refractivity contribution in [3.05, 3.63) is 102 Å². The first kappa shape index (κ1) is 21.6. The Labute approximate surface area is 197 Å². The molecule has 3 aromatic rings. The predicted octanol–water partition coefficient (Wildman–Crippen LogP) is 3.99. The smallest absolute Gasteiger partial charge is 0.328 e. The van der Waals surface area contributed by atoms with E-state index >= 15 is 0 Å². The van der Waals surface area contributed by atoms with Gasteiger partial charge in [-0.3, -0.25) is 9.59 Å². The van der Waals surface area contributed by atoms with Gasteiger partial charge in [-0.15, -0.1) is 0 Å². The van der Waals surface area contributed by atoms with Crippen LogP contribution in [0.1, 0.15) is 34.5 Å². The molecule has 0 saturated heterocycles. The predicted molar refractivity (Wildman–Crippen MR) is 129 cm³/mol. The van der Waals surface area contributed by atoms with Gasteiger partial charge in [0.2, 0.25) is 0 Å². The fourth-order valence-electron chi connectivity index (χ4n) is 4.90. The maximum absolute atomic E-state index is 13.8. The molecule has 1 heterocycles. The zero-order valence-electron chi connectivity index (χ0n) is 18.9. The third-order valence-corrected chi connectivity index (χ3v) is 6.51. The number of fused-ring (bicyclic) bond motifs is 6. The van der Waals surface area contributed by atoms with Crippen LogP contribution in [0, 0.1) is 0 Å². The van der Waals surface area contributed by atoms with Gasteiger partial charge in [0.05, 0.1) is 13.2 Å². The zero-order chi connectivity index (χ0) is 23.8. The first-order valence-electron chi connectivity index (χ1n) is 11.2. The highest BCUT2D eigenvalue weighted by atomic mass is 16.5. The summed E-state index contributed by atoms with van der Waals surface area (Å²) in [5.41, 5.74) is 5.31. The van der Waals surface area contributed by atoms with E-state index in [0.717, 1.165) is 27.8 Å². The van der Waals surface area contributed by atoms with Gasteiger partial charge in [0, 0.05) is 5.56 Å². The van der Waals surface area contributed by atoms with E-state index in [1.807, 2.05) is 60.7 Å². The number of rotatable bonds is 4. The van der Waals surface area contributed by atoms with Crippen LogP contribution in [0.3, 0.4) is 0 Å². The number of carbonyl (C=O) groups excluding carboxylic acids is 3. The Kier molecular flexibility index (Phi) is 5.49. The second-order valence-electron chi connectivity index (χ2n) is 8.42. The monoisotopic (exact) mass is 452 g/mol. The normalized spacial score (nSPS) is 19.2. The van der Waals surface area contributed by atoms with E-state index in [0.29, 0.717) is 5.56 Å². The second-order valence-corrected chi connectivity index (χ2v) is 8.42. The third-order valence-electron chi connectivity index (χ3n) is 6.51. The number of hydrogen-bond acceptors (Lipinski definition) is 4. The van der Waals surface area contributed by atoms with Crippen molar-refractivity contribution < 1.29 is 19.1 Å². The molecule has 1 aliphatic heterocycles. The van der Waals surface area contributed by atoms with E-state index in [-0.39, 0.29) is 11.8 Å². The molecule has 0 spiro atoms. The molecule has 0 fully saturated rings. The summed E-state index contributed by atoms with van der Waals surface area (Å²) in [6.07, 6.45) is 1.82. The van der Waals surface area contributed by atoms with Gasteiger partial charge in [-0.2, -0.15) is 0 Å². The third kappa shape index (κ3) is 3.48. The average molecular weight is 453 g/mol. The maximum Gasteiger partial charge on any atom is 0.328 e. The zero-order valence-corrected chi connectivity index (χ0v) is 18.9. The molecular formula is C28H24N2O4. The van der Waals surface area contributed by atoms with Crippen molar-refractivity contribution in [3.8, 4) is 11.1 Å². The van der Waals surface area contributed by atoms with Gasteiger partial charge in [-0.05, 0) is 53.0 Å². The van der Waals surface area contributed by atoms with E-state index in [1.54, 1.807) is 36.1 Å². The van der Waals surface area contributed by atoms with E-state index in [2.05, 4.69) is 5.32 Å². The Morgan fingerprint density at radius 2 is 1.50 bits per heavy atom. The molecule has 6 heteroatoms. The minimum atomic E-state index is -0.926. The first-order chi connectivity index (χ1) is 16.5. The maximum atomic E-state index is 13.8. The van der Waals surface area contributed by atoms with Gasteiger partial charge >= 0.3 is 5.97 Å². The molecular weight excluding hydrogens is 428 g/mol. The van der Waals surface area contributed by atoms with Gasteiger partial charge in [-0.1, -0.05) is 66.7 Å². The van der Waals surface area contributed by atoms with Crippen LogP contribution in [0.2, 0.25) is 0 Å². The topological polar surface area (TPSA) is 75.7 Å². The molecule has 1 aliphatic carbocycles. The van der Waals surface area contributed by atoms with Crippen LogP contribution in [0.25, 0.3) is 16.7 Å². The highest BCUT2D eigenvalue weighted by molar-refractivity contribution is 6.03. The number of esters is 1. The minimum absolute atomic E-state index is 0.356. The summed E-state index contributed by atoms with van der Waals surface area (Å²) in [5, 5.41) is 2.86. The summed E-state index contributed by atoms with van der Waals surface area (Å²) in [4.78, 5) is 40.9. The number of nitrogens with one attached hydrogen (secondary N) is 1. The lowest BCUT2D eigenvalue weighted by Crippen LogP contribution is -2.56.